The van der Waals surface area contributed by atoms with E-state index in [1.807, 2.05) is 0 Å². The highest BCUT2D eigenvalue weighted by molar-refractivity contribution is 9.10. The van der Waals surface area contributed by atoms with Crippen molar-refractivity contribution in [2.75, 3.05) is 25.0 Å². The van der Waals surface area contributed by atoms with Crippen LogP contribution in [0.1, 0.15) is 23.2 Å². The average Bonchev–Trinajstić information content (AvgIpc) is 3.16. The number of ether oxygens (including phenoxy) is 1. The molecule has 3 rings (SSSR count). The van der Waals surface area contributed by atoms with E-state index in [1.165, 1.54) is 18.2 Å². The third-order valence-electron chi connectivity index (χ3n) is 4.13. The van der Waals surface area contributed by atoms with E-state index in [2.05, 4.69) is 21.2 Å². The van der Waals surface area contributed by atoms with Crippen LogP contribution >= 0.6 is 27.5 Å². The normalized spacial score (nSPS) is 13.5. The Morgan fingerprint density at radius 2 is 1.93 bits per heavy atom. The second-order valence-corrected chi connectivity index (χ2v) is 7.45. The average molecular weight is 456 g/mol. The van der Waals surface area contributed by atoms with Crippen molar-refractivity contribution in [1.82, 2.24) is 4.90 Å². The zero-order chi connectivity index (χ0) is 19.4. The van der Waals surface area contributed by atoms with Gasteiger partial charge in [0.25, 0.3) is 11.8 Å². The lowest BCUT2D eigenvalue weighted by molar-refractivity contribution is -0.118. The molecule has 27 heavy (non-hydrogen) atoms. The first-order valence-electron chi connectivity index (χ1n) is 8.40. The van der Waals surface area contributed by atoms with Gasteiger partial charge in [-0.15, -0.1) is 0 Å². The van der Waals surface area contributed by atoms with Crippen LogP contribution < -0.4 is 10.1 Å². The van der Waals surface area contributed by atoms with E-state index < -0.39 is 18.3 Å². The minimum absolute atomic E-state index is 0.0298. The molecule has 0 saturated carbocycles. The van der Waals surface area contributed by atoms with Crippen molar-refractivity contribution in [3.05, 3.63) is 57.3 Å². The van der Waals surface area contributed by atoms with Gasteiger partial charge in [0.1, 0.15) is 0 Å². The van der Waals surface area contributed by atoms with Gasteiger partial charge in [0.05, 0.1) is 11.3 Å². The largest absolute Gasteiger partial charge is 0.481 e. The van der Waals surface area contributed by atoms with E-state index in [4.69, 9.17) is 16.3 Å². The van der Waals surface area contributed by atoms with E-state index in [-0.39, 0.29) is 11.7 Å². The molecule has 1 fully saturated rings. The van der Waals surface area contributed by atoms with Gasteiger partial charge in [0, 0.05) is 22.6 Å². The summed E-state index contributed by atoms with van der Waals surface area (Å²) in [5.74, 6) is -1.29. The Balaban J connectivity index is 1.69. The molecule has 2 aromatic carbocycles. The van der Waals surface area contributed by atoms with Crippen LogP contribution in [0.15, 0.2) is 40.9 Å². The number of nitrogens with zero attached hydrogens (tertiary/aromatic N) is 1. The molecule has 0 radical (unpaired) electrons. The quantitative estimate of drug-likeness (QED) is 0.722. The summed E-state index contributed by atoms with van der Waals surface area (Å²) in [5, 5.41) is 3.05. The number of anilines is 1. The van der Waals surface area contributed by atoms with Crippen molar-refractivity contribution in [2.24, 2.45) is 0 Å². The molecule has 0 bridgehead atoms. The summed E-state index contributed by atoms with van der Waals surface area (Å²) in [5.41, 5.74) is 0.675. The van der Waals surface area contributed by atoms with Crippen molar-refractivity contribution in [3.63, 3.8) is 0 Å². The van der Waals surface area contributed by atoms with Gasteiger partial charge in [0.2, 0.25) is 0 Å². The topological polar surface area (TPSA) is 58.6 Å². The zero-order valence-electron chi connectivity index (χ0n) is 14.3. The van der Waals surface area contributed by atoms with Gasteiger partial charge in [-0.3, -0.25) is 9.59 Å². The van der Waals surface area contributed by atoms with Crippen molar-refractivity contribution in [3.8, 4) is 5.75 Å². The molecule has 142 valence electrons. The van der Waals surface area contributed by atoms with Crippen LogP contribution in [0.4, 0.5) is 10.1 Å². The summed E-state index contributed by atoms with van der Waals surface area (Å²) in [4.78, 5) is 26.6. The van der Waals surface area contributed by atoms with Crippen LogP contribution in [0.3, 0.4) is 0 Å². The molecule has 1 saturated heterocycles. The Morgan fingerprint density at radius 3 is 2.63 bits per heavy atom. The number of likely N-dealkylation sites (tertiary alicyclic amines) is 1. The second kappa shape index (κ2) is 8.71. The Bertz CT molecular complexity index is 872. The SMILES string of the molecule is O=C(COc1ccc(Br)cc1F)Nc1ccc(Cl)cc1C(=O)N1CCCC1. The van der Waals surface area contributed by atoms with E-state index in [1.54, 1.807) is 23.1 Å². The zero-order valence-corrected chi connectivity index (χ0v) is 16.6. The van der Waals surface area contributed by atoms with Crippen LogP contribution in [-0.2, 0) is 4.79 Å². The smallest absolute Gasteiger partial charge is 0.262 e. The summed E-state index contributed by atoms with van der Waals surface area (Å²) in [7, 11) is 0. The van der Waals surface area contributed by atoms with Gasteiger partial charge in [-0.05, 0) is 49.2 Å². The third-order valence-corrected chi connectivity index (χ3v) is 4.86. The Labute approximate surface area is 169 Å². The molecule has 0 aliphatic carbocycles. The lowest BCUT2D eigenvalue weighted by Crippen LogP contribution is -2.29. The van der Waals surface area contributed by atoms with Crippen LogP contribution in [-0.4, -0.2) is 36.4 Å². The molecule has 2 aromatic rings. The van der Waals surface area contributed by atoms with E-state index in [0.717, 1.165) is 12.8 Å². The van der Waals surface area contributed by atoms with Crippen LogP contribution in [0.25, 0.3) is 0 Å². The van der Waals surface area contributed by atoms with Gasteiger partial charge in [-0.1, -0.05) is 27.5 Å². The number of hydrogen-bond donors (Lipinski definition) is 1. The fourth-order valence-corrected chi connectivity index (χ4v) is 3.32. The van der Waals surface area contributed by atoms with Crippen molar-refractivity contribution < 1.29 is 18.7 Å². The number of carbonyl (C=O) groups excluding carboxylic acids is 2. The molecule has 0 aromatic heterocycles. The highest BCUT2D eigenvalue weighted by Gasteiger charge is 2.23. The van der Waals surface area contributed by atoms with Gasteiger partial charge in [-0.25, -0.2) is 4.39 Å². The Morgan fingerprint density at radius 1 is 1.19 bits per heavy atom. The highest BCUT2D eigenvalue weighted by Crippen LogP contribution is 2.25. The van der Waals surface area contributed by atoms with Crippen molar-refractivity contribution in [1.29, 1.82) is 0 Å². The fraction of sp³-hybridized carbons (Fsp3) is 0.263. The number of hydrogen-bond acceptors (Lipinski definition) is 3. The van der Waals surface area contributed by atoms with Gasteiger partial charge in [0.15, 0.2) is 18.2 Å². The van der Waals surface area contributed by atoms with Gasteiger partial charge >= 0.3 is 0 Å². The molecule has 1 aliphatic heterocycles. The number of amides is 2. The summed E-state index contributed by atoms with van der Waals surface area (Å²) in [6, 6.07) is 8.99. The number of nitrogens with one attached hydrogen (secondary N) is 1. The molecule has 5 nitrogen and oxygen atoms in total. The standard InChI is InChI=1S/C19H17BrClFN2O3/c20-12-3-6-17(15(22)9-12)27-11-18(25)23-16-5-4-13(21)10-14(16)19(26)24-7-1-2-8-24/h3-6,9-10H,1-2,7-8,11H2,(H,23,25). The Hall–Kier alpha value is -2.12. The molecule has 1 aliphatic rings. The van der Waals surface area contributed by atoms with Crippen molar-refractivity contribution in [2.45, 2.75) is 12.8 Å². The fourth-order valence-electron chi connectivity index (χ4n) is 2.81. The number of rotatable bonds is 5. The number of benzene rings is 2. The lowest BCUT2D eigenvalue weighted by atomic mass is 10.1. The van der Waals surface area contributed by atoms with E-state index >= 15 is 0 Å². The number of carbonyl (C=O) groups is 2. The van der Waals surface area contributed by atoms with Gasteiger partial charge < -0.3 is 15.0 Å². The minimum atomic E-state index is -0.575. The van der Waals surface area contributed by atoms with Crippen LogP contribution in [0, 0.1) is 5.82 Å². The van der Waals surface area contributed by atoms with Crippen LogP contribution in [0.2, 0.25) is 5.02 Å². The van der Waals surface area contributed by atoms with Crippen molar-refractivity contribution >= 4 is 45.0 Å². The summed E-state index contributed by atoms with van der Waals surface area (Å²) >= 11 is 9.18. The monoisotopic (exact) mass is 454 g/mol. The van der Waals surface area contributed by atoms with E-state index in [9.17, 15) is 14.0 Å². The first-order chi connectivity index (χ1) is 12.9. The molecular weight excluding hydrogens is 439 g/mol. The molecule has 8 heteroatoms. The third kappa shape index (κ3) is 4.99. The Kier molecular flexibility index (Phi) is 6.34. The number of halogens is 3. The first-order valence-corrected chi connectivity index (χ1v) is 9.57. The summed E-state index contributed by atoms with van der Waals surface area (Å²) in [6.45, 7) is 0.980. The summed E-state index contributed by atoms with van der Waals surface area (Å²) in [6.07, 6.45) is 1.92. The molecular formula is C19H17BrClFN2O3. The molecule has 0 unspecified atom stereocenters. The maximum Gasteiger partial charge on any atom is 0.262 e. The van der Waals surface area contributed by atoms with Gasteiger partial charge in [-0.2, -0.15) is 0 Å². The first kappa shape index (κ1) is 19.6. The summed E-state index contributed by atoms with van der Waals surface area (Å²) < 4.78 is 19.6. The lowest BCUT2D eigenvalue weighted by Gasteiger charge is -2.18. The second-order valence-electron chi connectivity index (χ2n) is 6.10. The molecule has 1 N–H and O–H groups in total. The van der Waals surface area contributed by atoms with Crippen LogP contribution in [0.5, 0.6) is 5.75 Å². The van der Waals surface area contributed by atoms with E-state index in [0.29, 0.717) is 33.8 Å². The maximum atomic E-state index is 13.8. The maximum absolute atomic E-state index is 13.8. The minimum Gasteiger partial charge on any atom is -0.481 e. The molecule has 1 heterocycles. The molecule has 0 atom stereocenters. The molecule has 0 spiro atoms. The predicted octanol–water partition coefficient (Wildman–Crippen LogP) is 4.50. The molecule has 2 amide bonds. The highest BCUT2D eigenvalue weighted by atomic mass is 79.9. The predicted molar refractivity (Wildman–Crippen MR) is 105 cm³/mol.